The molecule has 0 aliphatic rings. The molecular formula is C19H19F2N3O3S. The van der Waals surface area contributed by atoms with E-state index in [1.165, 1.54) is 34.4 Å². The average Bonchev–Trinajstić information content (AvgIpc) is 2.92. The minimum atomic E-state index is -2.94. The van der Waals surface area contributed by atoms with E-state index in [1.807, 2.05) is 13.8 Å². The quantitative estimate of drug-likeness (QED) is 0.670. The maximum absolute atomic E-state index is 12.6. The maximum Gasteiger partial charge on any atom is 0.387 e. The first kappa shape index (κ1) is 19.9. The fraction of sp³-hybridized carbons (Fsp3) is 0.316. The Labute approximate surface area is 163 Å². The van der Waals surface area contributed by atoms with Crippen molar-refractivity contribution in [3.8, 4) is 5.75 Å². The number of aryl methyl sites for hydroxylation is 3. The van der Waals surface area contributed by atoms with Crippen LogP contribution in [0.15, 0.2) is 29.3 Å². The van der Waals surface area contributed by atoms with Gasteiger partial charge in [-0.3, -0.25) is 14.2 Å². The molecule has 1 amide bonds. The summed E-state index contributed by atoms with van der Waals surface area (Å²) in [6.07, 6.45) is 1.48. The molecule has 3 aromatic rings. The zero-order chi connectivity index (χ0) is 20.4. The average molecular weight is 407 g/mol. The summed E-state index contributed by atoms with van der Waals surface area (Å²) in [5, 5.41) is 3.25. The van der Waals surface area contributed by atoms with Crippen molar-refractivity contribution in [1.29, 1.82) is 0 Å². The summed E-state index contributed by atoms with van der Waals surface area (Å²) >= 11 is 1.47. The van der Waals surface area contributed by atoms with Gasteiger partial charge in [0.25, 0.3) is 5.56 Å². The molecule has 0 atom stereocenters. The maximum atomic E-state index is 12.6. The highest BCUT2D eigenvalue weighted by molar-refractivity contribution is 7.18. The second-order valence-electron chi connectivity index (χ2n) is 6.31. The number of thiophene rings is 1. The van der Waals surface area contributed by atoms with Crippen molar-refractivity contribution in [1.82, 2.24) is 9.55 Å². The molecule has 9 heteroatoms. The van der Waals surface area contributed by atoms with Crippen LogP contribution in [0.1, 0.15) is 22.4 Å². The smallest absolute Gasteiger partial charge is 0.387 e. The van der Waals surface area contributed by atoms with Gasteiger partial charge in [0, 0.05) is 29.1 Å². The van der Waals surface area contributed by atoms with E-state index in [-0.39, 0.29) is 30.2 Å². The van der Waals surface area contributed by atoms with Gasteiger partial charge in [-0.15, -0.1) is 11.3 Å². The van der Waals surface area contributed by atoms with Crippen LogP contribution in [0.5, 0.6) is 5.75 Å². The number of alkyl halides is 2. The van der Waals surface area contributed by atoms with E-state index < -0.39 is 6.61 Å². The molecule has 0 saturated carbocycles. The van der Waals surface area contributed by atoms with E-state index in [2.05, 4.69) is 15.0 Å². The van der Waals surface area contributed by atoms with Crippen LogP contribution in [-0.4, -0.2) is 22.1 Å². The van der Waals surface area contributed by atoms with Gasteiger partial charge < -0.3 is 10.1 Å². The predicted molar refractivity (Wildman–Crippen MR) is 104 cm³/mol. The number of aromatic nitrogens is 2. The standard InChI is InChI=1S/C19H19F2N3O3S/c1-10-12(3)28-17-16(10)18(26)24(9-22-17)8-7-15(25)23-13-5-4-6-14(11(13)2)27-19(20)21/h4-6,9,19H,7-8H2,1-3H3,(H,23,25). The second kappa shape index (κ2) is 8.05. The molecule has 148 valence electrons. The Morgan fingerprint density at radius 3 is 2.75 bits per heavy atom. The fourth-order valence-electron chi connectivity index (χ4n) is 2.84. The topological polar surface area (TPSA) is 73.2 Å². The first-order valence-electron chi connectivity index (χ1n) is 8.57. The number of rotatable bonds is 6. The highest BCUT2D eigenvalue weighted by atomic mass is 32.1. The molecule has 0 unspecified atom stereocenters. The lowest BCUT2D eigenvalue weighted by Gasteiger charge is -2.13. The summed E-state index contributed by atoms with van der Waals surface area (Å²) in [6.45, 7) is 2.62. The van der Waals surface area contributed by atoms with Gasteiger partial charge >= 0.3 is 6.61 Å². The summed E-state index contributed by atoms with van der Waals surface area (Å²) in [6, 6.07) is 4.52. The number of nitrogens with one attached hydrogen (secondary N) is 1. The minimum Gasteiger partial charge on any atom is -0.434 e. The monoisotopic (exact) mass is 407 g/mol. The molecule has 0 saturated heterocycles. The van der Waals surface area contributed by atoms with E-state index in [0.717, 1.165) is 10.4 Å². The third kappa shape index (κ3) is 4.04. The molecule has 1 N–H and O–H groups in total. The van der Waals surface area contributed by atoms with E-state index >= 15 is 0 Å². The summed E-state index contributed by atoms with van der Waals surface area (Å²) < 4.78 is 30.7. The highest BCUT2D eigenvalue weighted by Crippen LogP contribution is 2.27. The van der Waals surface area contributed by atoms with Gasteiger partial charge in [-0.1, -0.05) is 6.07 Å². The predicted octanol–water partition coefficient (Wildman–Crippen LogP) is 4.01. The molecular weight excluding hydrogens is 388 g/mol. The number of fused-ring (bicyclic) bond motifs is 1. The zero-order valence-electron chi connectivity index (χ0n) is 15.6. The molecule has 0 aliphatic carbocycles. The first-order chi connectivity index (χ1) is 13.3. The summed E-state index contributed by atoms with van der Waals surface area (Å²) in [7, 11) is 0. The van der Waals surface area contributed by atoms with Crippen LogP contribution in [0.3, 0.4) is 0 Å². The van der Waals surface area contributed by atoms with Gasteiger partial charge in [0.1, 0.15) is 10.6 Å². The van der Waals surface area contributed by atoms with Crippen LogP contribution in [-0.2, 0) is 11.3 Å². The van der Waals surface area contributed by atoms with Crippen LogP contribution >= 0.6 is 11.3 Å². The fourth-order valence-corrected chi connectivity index (χ4v) is 3.82. The van der Waals surface area contributed by atoms with Gasteiger partial charge in [0.05, 0.1) is 11.7 Å². The van der Waals surface area contributed by atoms with Crippen LogP contribution in [0.4, 0.5) is 14.5 Å². The molecule has 28 heavy (non-hydrogen) atoms. The number of hydrogen-bond acceptors (Lipinski definition) is 5. The Kier molecular flexibility index (Phi) is 5.73. The number of benzene rings is 1. The first-order valence-corrected chi connectivity index (χ1v) is 9.39. The number of amides is 1. The molecule has 2 heterocycles. The van der Waals surface area contributed by atoms with E-state index in [1.54, 1.807) is 13.0 Å². The van der Waals surface area contributed by atoms with Crippen molar-refractivity contribution in [2.75, 3.05) is 5.32 Å². The number of halogens is 2. The lowest BCUT2D eigenvalue weighted by atomic mass is 10.1. The Hall–Kier alpha value is -2.81. The van der Waals surface area contributed by atoms with E-state index in [0.29, 0.717) is 21.5 Å². The van der Waals surface area contributed by atoms with Crippen molar-refractivity contribution < 1.29 is 18.3 Å². The SMILES string of the molecule is Cc1sc2ncn(CCC(=O)Nc3cccc(OC(F)F)c3C)c(=O)c2c1C. The molecule has 0 radical (unpaired) electrons. The van der Waals surface area contributed by atoms with Crippen molar-refractivity contribution in [3.05, 3.63) is 50.9 Å². The van der Waals surface area contributed by atoms with Crippen molar-refractivity contribution in [2.24, 2.45) is 0 Å². The zero-order valence-corrected chi connectivity index (χ0v) is 16.4. The molecule has 0 bridgehead atoms. The summed E-state index contributed by atoms with van der Waals surface area (Å²) in [5.74, 6) is -0.343. The molecule has 1 aromatic carbocycles. The molecule has 0 aliphatic heterocycles. The minimum absolute atomic E-state index is 0.00183. The van der Waals surface area contributed by atoms with Crippen LogP contribution in [0.25, 0.3) is 10.2 Å². The second-order valence-corrected chi connectivity index (χ2v) is 7.52. The van der Waals surface area contributed by atoms with Gasteiger partial charge in [-0.25, -0.2) is 4.98 Å². The van der Waals surface area contributed by atoms with Gasteiger partial charge in [-0.05, 0) is 38.5 Å². The number of carbonyl (C=O) groups excluding carboxylic acids is 1. The number of carbonyl (C=O) groups is 1. The molecule has 2 aromatic heterocycles. The van der Waals surface area contributed by atoms with Crippen molar-refractivity contribution >= 4 is 33.1 Å². The van der Waals surface area contributed by atoms with Crippen molar-refractivity contribution in [3.63, 3.8) is 0 Å². The molecule has 0 spiro atoms. The Morgan fingerprint density at radius 2 is 2.04 bits per heavy atom. The van der Waals surface area contributed by atoms with Gasteiger partial charge in [0.15, 0.2) is 0 Å². The van der Waals surface area contributed by atoms with Crippen LogP contribution in [0.2, 0.25) is 0 Å². The van der Waals surface area contributed by atoms with Gasteiger partial charge in [-0.2, -0.15) is 8.78 Å². The van der Waals surface area contributed by atoms with Crippen molar-refractivity contribution in [2.45, 2.75) is 40.3 Å². The summed E-state index contributed by atoms with van der Waals surface area (Å²) in [5.41, 5.74) is 1.51. The molecule has 3 rings (SSSR count). The third-order valence-corrected chi connectivity index (χ3v) is 5.63. The third-order valence-electron chi connectivity index (χ3n) is 4.51. The number of hydrogen-bond donors (Lipinski definition) is 1. The number of anilines is 1. The summed E-state index contributed by atoms with van der Waals surface area (Å²) in [4.78, 5) is 31.0. The Balaban J connectivity index is 1.72. The van der Waals surface area contributed by atoms with E-state index in [4.69, 9.17) is 0 Å². The lowest BCUT2D eigenvalue weighted by molar-refractivity contribution is -0.116. The lowest BCUT2D eigenvalue weighted by Crippen LogP contribution is -2.23. The molecule has 0 fully saturated rings. The number of ether oxygens (including phenoxy) is 1. The Morgan fingerprint density at radius 1 is 1.29 bits per heavy atom. The van der Waals surface area contributed by atoms with Crippen LogP contribution in [0, 0.1) is 20.8 Å². The number of nitrogens with zero attached hydrogens (tertiary/aromatic N) is 2. The largest absolute Gasteiger partial charge is 0.434 e. The molecule has 6 nitrogen and oxygen atoms in total. The normalized spacial score (nSPS) is 11.2. The highest BCUT2D eigenvalue weighted by Gasteiger charge is 2.14. The Bertz CT molecular complexity index is 1090. The van der Waals surface area contributed by atoms with E-state index in [9.17, 15) is 18.4 Å². The van der Waals surface area contributed by atoms with Crippen LogP contribution < -0.4 is 15.6 Å². The van der Waals surface area contributed by atoms with Gasteiger partial charge in [0.2, 0.25) is 5.91 Å².